The fourth-order valence-corrected chi connectivity index (χ4v) is 2.36. The van der Waals surface area contributed by atoms with Crippen molar-refractivity contribution < 1.29 is 19.1 Å². The maximum Gasteiger partial charge on any atom is 0.279 e. The Morgan fingerprint density at radius 1 is 0.964 bits per heavy atom. The van der Waals surface area contributed by atoms with E-state index in [1.54, 1.807) is 44.4 Å². The predicted octanol–water partition coefficient (Wildman–Crippen LogP) is 2.42. The fraction of sp³-hybridized carbons (Fsp3) is 0.250. The van der Waals surface area contributed by atoms with E-state index >= 15 is 0 Å². The van der Waals surface area contributed by atoms with E-state index in [2.05, 4.69) is 16.2 Å². The highest BCUT2D eigenvalue weighted by Gasteiger charge is 2.16. The Kier molecular flexibility index (Phi) is 7.34. The van der Waals surface area contributed by atoms with Crippen LogP contribution in [0.2, 0.25) is 0 Å². The molecular formula is C20H23N3O4S. The Balaban J connectivity index is 1.81. The molecule has 1 unspecified atom stereocenters. The minimum absolute atomic E-state index is 0.0347. The lowest BCUT2D eigenvalue weighted by Crippen LogP contribution is -2.51. The molecule has 0 saturated carbocycles. The molecule has 0 bridgehead atoms. The van der Waals surface area contributed by atoms with Crippen LogP contribution in [-0.4, -0.2) is 30.1 Å². The number of hydrogen-bond donors (Lipinski definition) is 3. The lowest BCUT2D eigenvalue weighted by molar-refractivity contribution is -0.127. The first-order valence-corrected chi connectivity index (χ1v) is 9.00. The van der Waals surface area contributed by atoms with Gasteiger partial charge in [-0.1, -0.05) is 6.07 Å². The molecule has 0 aromatic heterocycles. The van der Waals surface area contributed by atoms with Crippen LogP contribution in [0.3, 0.4) is 0 Å². The predicted molar refractivity (Wildman–Crippen MR) is 110 cm³/mol. The number of benzene rings is 2. The number of rotatable bonds is 5. The van der Waals surface area contributed by atoms with Crippen molar-refractivity contribution in [2.75, 3.05) is 7.11 Å². The smallest absolute Gasteiger partial charge is 0.279 e. The summed E-state index contributed by atoms with van der Waals surface area (Å²) in [6.07, 6.45) is -0.755. The average Bonchev–Trinajstić information content (AvgIpc) is 2.68. The van der Waals surface area contributed by atoms with Crippen LogP contribution in [0.1, 0.15) is 28.4 Å². The molecule has 0 aliphatic rings. The van der Waals surface area contributed by atoms with Gasteiger partial charge in [0.15, 0.2) is 11.2 Å². The minimum Gasteiger partial charge on any atom is -0.497 e. The molecule has 0 spiro atoms. The van der Waals surface area contributed by atoms with E-state index in [4.69, 9.17) is 21.7 Å². The molecule has 7 nitrogen and oxygen atoms in total. The first-order chi connectivity index (χ1) is 13.3. The van der Waals surface area contributed by atoms with Crippen molar-refractivity contribution in [2.24, 2.45) is 0 Å². The molecule has 2 aromatic rings. The highest BCUT2D eigenvalue weighted by Crippen LogP contribution is 2.17. The molecule has 2 amide bonds. The number of hydrazine groups is 1. The van der Waals surface area contributed by atoms with Gasteiger partial charge in [0.25, 0.3) is 11.8 Å². The number of hydrogen-bond acceptors (Lipinski definition) is 5. The van der Waals surface area contributed by atoms with Crippen LogP contribution < -0.4 is 25.6 Å². The number of ether oxygens (including phenoxy) is 2. The summed E-state index contributed by atoms with van der Waals surface area (Å²) >= 11 is 5.02. The Bertz CT molecular complexity index is 868. The summed E-state index contributed by atoms with van der Waals surface area (Å²) in [6, 6.07) is 12.1. The molecule has 0 saturated heterocycles. The van der Waals surface area contributed by atoms with Gasteiger partial charge in [-0.25, -0.2) is 0 Å². The van der Waals surface area contributed by atoms with E-state index < -0.39 is 17.9 Å². The molecule has 1 atom stereocenters. The number of nitrogens with one attached hydrogen (secondary N) is 3. The summed E-state index contributed by atoms with van der Waals surface area (Å²) < 4.78 is 10.7. The van der Waals surface area contributed by atoms with E-state index in [0.29, 0.717) is 17.1 Å². The lowest BCUT2D eigenvalue weighted by Gasteiger charge is -2.17. The van der Waals surface area contributed by atoms with Gasteiger partial charge in [-0.05, 0) is 80.5 Å². The lowest BCUT2D eigenvalue weighted by atomic mass is 10.1. The number of carbonyl (C=O) groups excluding carboxylic acids is 2. The Morgan fingerprint density at radius 2 is 1.61 bits per heavy atom. The molecule has 0 aliphatic heterocycles. The van der Waals surface area contributed by atoms with Crippen LogP contribution in [0.4, 0.5) is 0 Å². The Labute approximate surface area is 169 Å². The van der Waals surface area contributed by atoms with Crippen LogP contribution in [0.5, 0.6) is 11.5 Å². The van der Waals surface area contributed by atoms with Crippen LogP contribution in [0.15, 0.2) is 42.5 Å². The van der Waals surface area contributed by atoms with E-state index in [9.17, 15) is 9.59 Å². The molecule has 8 heteroatoms. The van der Waals surface area contributed by atoms with Crippen molar-refractivity contribution in [3.8, 4) is 11.5 Å². The van der Waals surface area contributed by atoms with Gasteiger partial charge in [-0.3, -0.25) is 25.8 Å². The molecule has 148 valence electrons. The van der Waals surface area contributed by atoms with Crippen molar-refractivity contribution in [1.82, 2.24) is 16.2 Å². The molecule has 28 heavy (non-hydrogen) atoms. The maximum absolute atomic E-state index is 12.1. The molecule has 0 fully saturated rings. The quantitative estimate of drug-likeness (QED) is 0.527. The Morgan fingerprint density at radius 3 is 2.21 bits per heavy atom. The van der Waals surface area contributed by atoms with Crippen molar-refractivity contribution in [2.45, 2.75) is 26.9 Å². The average molecular weight is 401 g/mol. The van der Waals surface area contributed by atoms with E-state index in [1.165, 1.54) is 0 Å². The molecule has 0 radical (unpaired) electrons. The van der Waals surface area contributed by atoms with E-state index in [-0.39, 0.29) is 5.11 Å². The number of methoxy groups -OCH3 is 1. The first kappa shape index (κ1) is 21.2. The van der Waals surface area contributed by atoms with Gasteiger partial charge in [-0.15, -0.1) is 0 Å². The van der Waals surface area contributed by atoms with E-state index in [0.717, 1.165) is 11.1 Å². The summed E-state index contributed by atoms with van der Waals surface area (Å²) in [5.74, 6) is 0.400. The monoisotopic (exact) mass is 401 g/mol. The van der Waals surface area contributed by atoms with Gasteiger partial charge >= 0.3 is 0 Å². The summed E-state index contributed by atoms with van der Waals surface area (Å²) in [6.45, 7) is 5.59. The van der Waals surface area contributed by atoms with Crippen LogP contribution >= 0.6 is 12.2 Å². The number of carbonyl (C=O) groups is 2. The van der Waals surface area contributed by atoms with Gasteiger partial charge in [0.05, 0.1) is 7.11 Å². The summed E-state index contributed by atoms with van der Waals surface area (Å²) in [5, 5.41) is 2.44. The van der Waals surface area contributed by atoms with Crippen LogP contribution in [-0.2, 0) is 4.79 Å². The minimum atomic E-state index is -0.755. The molecule has 2 aromatic carbocycles. The van der Waals surface area contributed by atoms with Crippen molar-refractivity contribution in [3.63, 3.8) is 0 Å². The highest BCUT2D eigenvalue weighted by molar-refractivity contribution is 7.80. The van der Waals surface area contributed by atoms with Crippen molar-refractivity contribution in [1.29, 1.82) is 0 Å². The van der Waals surface area contributed by atoms with Gasteiger partial charge in [0, 0.05) is 5.56 Å². The largest absolute Gasteiger partial charge is 0.497 e. The Hall–Kier alpha value is -3.13. The SMILES string of the molecule is COc1ccc(C(=O)NC(=S)NNC(=O)C(C)Oc2ccc(C)c(C)c2)cc1. The third-order valence-corrected chi connectivity index (χ3v) is 4.24. The molecule has 2 rings (SSSR count). The van der Waals surface area contributed by atoms with Crippen LogP contribution in [0, 0.1) is 13.8 Å². The zero-order valence-electron chi connectivity index (χ0n) is 16.2. The second-order valence-corrected chi connectivity index (χ2v) is 6.54. The standard InChI is InChI=1S/C20H23N3O4S/c1-12-5-8-17(11-13(12)2)27-14(3)18(24)22-23-20(28)21-19(25)15-6-9-16(26-4)10-7-15/h5-11,14H,1-4H3,(H,22,24)(H2,21,23,25,28). The molecular weight excluding hydrogens is 378 g/mol. The second-order valence-electron chi connectivity index (χ2n) is 6.13. The number of aryl methyl sites for hydroxylation is 2. The topological polar surface area (TPSA) is 88.7 Å². The van der Waals surface area contributed by atoms with Gasteiger partial charge in [0.2, 0.25) is 0 Å². The molecule has 0 heterocycles. The molecule has 3 N–H and O–H groups in total. The normalized spacial score (nSPS) is 11.1. The summed E-state index contributed by atoms with van der Waals surface area (Å²) in [4.78, 5) is 24.3. The number of amides is 2. The number of thiocarbonyl (C=S) groups is 1. The zero-order valence-corrected chi connectivity index (χ0v) is 17.0. The van der Waals surface area contributed by atoms with E-state index in [1.807, 2.05) is 26.0 Å². The molecule has 0 aliphatic carbocycles. The van der Waals surface area contributed by atoms with Gasteiger partial charge < -0.3 is 9.47 Å². The third-order valence-electron chi connectivity index (χ3n) is 4.04. The zero-order chi connectivity index (χ0) is 20.7. The van der Waals surface area contributed by atoms with Gasteiger partial charge in [-0.2, -0.15) is 0 Å². The first-order valence-electron chi connectivity index (χ1n) is 8.59. The van der Waals surface area contributed by atoms with Crippen molar-refractivity contribution in [3.05, 3.63) is 59.2 Å². The fourth-order valence-electron chi connectivity index (χ4n) is 2.21. The summed E-state index contributed by atoms with van der Waals surface area (Å²) in [7, 11) is 1.54. The maximum atomic E-state index is 12.1. The van der Waals surface area contributed by atoms with Crippen LogP contribution in [0.25, 0.3) is 0 Å². The summed E-state index contributed by atoms with van der Waals surface area (Å²) in [5.41, 5.74) is 7.52. The van der Waals surface area contributed by atoms with Crippen molar-refractivity contribution >= 4 is 29.1 Å². The highest BCUT2D eigenvalue weighted by atomic mass is 32.1. The van der Waals surface area contributed by atoms with Gasteiger partial charge in [0.1, 0.15) is 11.5 Å². The third kappa shape index (κ3) is 5.95. The second kappa shape index (κ2) is 9.70.